The Morgan fingerprint density at radius 3 is 2.41 bits per heavy atom. The molecule has 4 N–H and O–H groups in total. The van der Waals surface area contributed by atoms with Gasteiger partial charge in [0.15, 0.2) is 10.8 Å². The van der Waals surface area contributed by atoms with Gasteiger partial charge in [0.25, 0.3) is 11.8 Å². The summed E-state index contributed by atoms with van der Waals surface area (Å²) in [6.45, 7) is 2.01. The first-order valence-electron chi connectivity index (χ1n) is 10.9. The van der Waals surface area contributed by atoms with Crippen LogP contribution in [0.2, 0.25) is 0 Å². The largest absolute Gasteiger partial charge is 0.370 e. The monoisotopic (exact) mass is 489 g/mol. The van der Waals surface area contributed by atoms with Gasteiger partial charge in [-0.2, -0.15) is 11.8 Å². The quantitative estimate of drug-likeness (QED) is 0.355. The molecule has 2 heterocycles. The van der Waals surface area contributed by atoms with E-state index in [1.54, 1.807) is 12.1 Å². The van der Waals surface area contributed by atoms with Gasteiger partial charge in [0, 0.05) is 41.5 Å². The minimum Gasteiger partial charge on any atom is -0.370 e. The van der Waals surface area contributed by atoms with Gasteiger partial charge in [0.1, 0.15) is 5.00 Å². The second-order valence-electron chi connectivity index (χ2n) is 7.85. The Labute approximate surface area is 205 Å². The predicted molar refractivity (Wildman–Crippen MR) is 142 cm³/mol. The van der Waals surface area contributed by atoms with Crippen LogP contribution in [0.1, 0.15) is 20.8 Å². The van der Waals surface area contributed by atoms with Gasteiger partial charge in [0.2, 0.25) is 0 Å². The summed E-state index contributed by atoms with van der Waals surface area (Å²) in [5.41, 5.74) is 8.00. The molecular weight excluding hydrogens is 466 g/mol. The van der Waals surface area contributed by atoms with Crippen molar-refractivity contribution in [1.82, 2.24) is 4.98 Å². The standard InChI is InChI=1S/C25H23N5O2S2/c26-22(31)21-24(29-23(32)17-6-9-20(10-7-17)30-11-13-33-14-12-30)34-25(28-21)27-19-8-5-16-3-1-2-4-18(16)15-19/h1-10,15H,11-14H2,(H2,26,31)(H,27,28)(H,29,32). The van der Waals surface area contributed by atoms with Crippen molar-refractivity contribution in [2.45, 2.75) is 0 Å². The molecule has 172 valence electrons. The molecule has 0 spiro atoms. The molecule has 3 aromatic carbocycles. The molecule has 0 atom stereocenters. The summed E-state index contributed by atoms with van der Waals surface area (Å²) in [7, 11) is 0. The van der Waals surface area contributed by atoms with Gasteiger partial charge < -0.3 is 21.3 Å². The number of benzene rings is 3. The van der Waals surface area contributed by atoms with Gasteiger partial charge in [-0.15, -0.1) is 0 Å². The summed E-state index contributed by atoms with van der Waals surface area (Å²) in [6, 6.07) is 21.5. The second-order valence-corrected chi connectivity index (χ2v) is 10.1. The molecule has 0 aliphatic carbocycles. The number of nitrogens with one attached hydrogen (secondary N) is 2. The number of carbonyl (C=O) groups is 2. The van der Waals surface area contributed by atoms with Gasteiger partial charge in [0.05, 0.1) is 0 Å². The third kappa shape index (κ3) is 4.85. The minimum atomic E-state index is -0.698. The van der Waals surface area contributed by atoms with Crippen molar-refractivity contribution in [3.63, 3.8) is 0 Å². The molecule has 1 aliphatic rings. The van der Waals surface area contributed by atoms with E-state index in [9.17, 15) is 9.59 Å². The first-order valence-corrected chi connectivity index (χ1v) is 12.8. The molecule has 0 saturated carbocycles. The van der Waals surface area contributed by atoms with Crippen molar-refractivity contribution in [2.75, 3.05) is 40.1 Å². The van der Waals surface area contributed by atoms with Crippen molar-refractivity contribution in [2.24, 2.45) is 5.73 Å². The van der Waals surface area contributed by atoms with Crippen LogP contribution in [0.15, 0.2) is 66.7 Å². The maximum absolute atomic E-state index is 12.9. The first kappa shape index (κ1) is 22.2. The molecule has 4 aromatic rings. The predicted octanol–water partition coefficient (Wildman–Crippen LogP) is 4.94. The number of carbonyl (C=O) groups excluding carboxylic acids is 2. The van der Waals surface area contributed by atoms with Crippen LogP contribution in [-0.4, -0.2) is 41.4 Å². The van der Waals surface area contributed by atoms with Gasteiger partial charge in [-0.05, 0) is 47.2 Å². The number of hydrogen-bond donors (Lipinski definition) is 3. The number of nitrogens with two attached hydrogens (primary N) is 1. The average molecular weight is 490 g/mol. The highest BCUT2D eigenvalue weighted by Crippen LogP contribution is 2.32. The van der Waals surface area contributed by atoms with E-state index >= 15 is 0 Å². The summed E-state index contributed by atoms with van der Waals surface area (Å²) in [6.07, 6.45) is 0. The number of thiazole rings is 1. The van der Waals surface area contributed by atoms with E-state index in [4.69, 9.17) is 5.73 Å². The van der Waals surface area contributed by atoms with Crippen molar-refractivity contribution in [1.29, 1.82) is 0 Å². The summed E-state index contributed by atoms with van der Waals surface area (Å²) in [4.78, 5) is 31.5. The molecule has 5 rings (SSSR count). The number of hydrogen-bond acceptors (Lipinski definition) is 7. The van der Waals surface area contributed by atoms with E-state index in [1.165, 1.54) is 11.3 Å². The van der Waals surface area contributed by atoms with E-state index in [1.807, 2.05) is 66.4 Å². The van der Waals surface area contributed by atoms with E-state index in [0.29, 0.717) is 15.7 Å². The maximum Gasteiger partial charge on any atom is 0.270 e. The number of primary amides is 1. The third-order valence-electron chi connectivity index (χ3n) is 5.59. The summed E-state index contributed by atoms with van der Waals surface area (Å²) in [5.74, 6) is 1.21. The lowest BCUT2D eigenvalue weighted by Crippen LogP contribution is -2.32. The zero-order valence-electron chi connectivity index (χ0n) is 18.3. The number of anilines is 4. The minimum absolute atomic E-state index is 0.0316. The molecule has 9 heteroatoms. The topological polar surface area (TPSA) is 100 Å². The fourth-order valence-electron chi connectivity index (χ4n) is 3.84. The smallest absolute Gasteiger partial charge is 0.270 e. The molecule has 2 amide bonds. The molecule has 1 aromatic heterocycles. The molecule has 1 aliphatic heterocycles. The van der Waals surface area contributed by atoms with Crippen molar-refractivity contribution in [3.8, 4) is 0 Å². The van der Waals surface area contributed by atoms with Gasteiger partial charge in [-0.1, -0.05) is 41.7 Å². The summed E-state index contributed by atoms with van der Waals surface area (Å²) >= 11 is 3.13. The molecule has 0 unspecified atom stereocenters. The molecule has 0 bridgehead atoms. The SMILES string of the molecule is NC(=O)c1nc(Nc2ccc3ccccc3c2)sc1NC(=O)c1ccc(N2CCSCC2)cc1. The van der Waals surface area contributed by atoms with Crippen molar-refractivity contribution in [3.05, 3.63) is 78.0 Å². The number of amides is 2. The Morgan fingerprint density at radius 1 is 0.941 bits per heavy atom. The number of nitrogens with zero attached hydrogens (tertiary/aromatic N) is 2. The Kier molecular flexibility index (Phi) is 6.37. The van der Waals surface area contributed by atoms with Crippen molar-refractivity contribution >= 4 is 67.2 Å². The van der Waals surface area contributed by atoms with Gasteiger partial charge >= 0.3 is 0 Å². The number of aromatic nitrogens is 1. The van der Waals surface area contributed by atoms with Crippen LogP contribution in [0.25, 0.3) is 10.8 Å². The molecule has 7 nitrogen and oxygen atoms in total. The summed E-state index contributed by atoms with van der Waals surface area (Å²) in [5, 5.41) is 9.01. The highest BCUT2D eigenvalue weighted by molar-refractivity contribution is 7.99. The van der Waals surface area contributed by atoms with Crippen LogP contribution in [0.4, 0.5) is 21.5 Å². The maximum atomic E-state index is 12.9. The van der Waals surface area contributed by atoms with Crippen LogP contribution in [0.3, 0.4) is 0 Å². The van der Waals surface area contributed by atoms with Crippen LogP contribution >= 0.6 is 23.1 Å². The van der Waals surface area contributed by atoms with Crippen LogP contribution < -0.4 is 21.3 Å². The van der Waals surface area contributed by atoms with Crippen LogP contribution in [-0.2, 0) is 0 Å². The lowest BCUT2D eigenvalue weighted by atomic mass is 10.1. The van der Waals surface area contributed by atoms with Gasteiger partial charge in [-0.25, -0.2) is 4.98 Å². The van der Waals surface area contributed by atoms with E-state index in [0.717, 1.165) is 46.7 Å². The molecule has 0 radical (unpaired) electrons. The zero-order valence-corrected chi connectivity index (χ0v) is 19.9. The zero-order chi connectivity index (χ0) is 23.5. The Hall–Kier alpha value is -3.56. The second kappa shape index (κ2) is 9.74. The van der Waals surface area contributed by atoms with E-state index < -0.39 is 5.91 Å². The van der Waals surface area contributed by atoms with Gasteiger partial charge in [-0.3, -0.25) is 9.59 Å². The average Bonchev–Trinajstić information content (AvgIpc) is 3.27. The summed E-state index contributed by atoms with van der Waals surface area (Å²) < 4.78 is 0. The molecule has 34 heavy (non-hydrogen) atoms. The first-order chi connectivity index (χ1) is 16.6. The highest BCUT2D eigenvalue weighted by Gasteiger charge is 2.19. The third-order valence-corrected chi connectivity index (χ3v) is 7.42. The Balaban J connectivity index is 1.32. The Morgan fingerprint density at radius 2 is 1.68 bits per heavy atom. The molecule has 1 saturated heterocycles. The van der Waals surface area contributed by atoms with Crippen LogP contribution in [0, 0.1) is 0 Å². The highest BCUT2D eigenvalue weighted by atomic mass is 32.2. The lowest BCUT2D eigenvalue weighted by molar-refractivity contribution is 0.0997. The van der Waals surface area contributed by atoms with Crippen molar-refractivity contribution < 1.29 is 9.59 Å². The van der Waals surface area contributed by atoms with Crippen LogP contribution in [0.5, 0.6) is 0 Å². The number of rotatable bonds is 6. The fourth-order valence-corrected chi connectivity index (χ4v) is 5.63. The fraction of sp³-hybridized carbons (Fsp3) is 0.160. The Bertz CT molecular complexity index is 1350. The molecular formula is C25H23N5O2S2. The molecule has 1 fully saturated rings. The van der Waals surface area contributed by atoms with E-state index in [2.05, 4.69) is 20.5 Å². The lowest BCUT2D eigenvalue weighted by Gasteiger charge is -2.28. The normalized spacial score (nSPS) is 13.6. The van der Waals surface area contributed by atoms with E-state index in [-0.39, 0.29) is 11.6 Å². The number of fused-ring (bicyclic) bond motifs is 1. The number of thioether (sulfide) groups is 1.